The van der Waals surface area contributed by atoms with Crippen LogP contribution in [-0.2, 0) is 0 Å². The number of aliphatic imine (C=N–C) groups is 1. The molecule has 0 bridgehead atoms. The molecule has 0 aliphatic carbocycles. The van der Waals surface area contributed by atoms with Gasteiger partial charge >= 0.3 is 0 Å². The third kappa shape index (κ3) is 4.57. The smallest absolute Gasteiger partial charge is 0.213 e. The molecule has 0 saturated carbocycles. The van der Waals surface area contributed by atoms with Gasteiger partial charge in [-0.2, -0.15) is 5.26 Å². The van der Waals surface area contributed by atoms with Crippen LogP contribution in [0.4, 0.5) is 0 Å². The summed E-state index contributed by atoms with van der Waals surface area (Å²) in [7, 11) is 0. The molecule has 0 aromatic heterocycles. The number of hydrogen-bond acceptors (Lipinski definition) is 3. The molecule has 0 heterocycles. The van der Waals surface area contributed by atoms with Crippen molar-refractivity contribution in [1.82, 2.24) is 0 Å². The first-order valence-electron chi connectivity index (χ1n) is 3.53. The van der Waals surface area contributed by atoms with Gasteiger partial charge in [0.2, 0.25) is 5.96 Å². The van der Waals surface area contributed by atoms with Gasteiger partial charge in [0.05, 0.1) is 12.0 Å². The number of nitrogens with one attached hydrogen (secondary N) is 1. The van der Waals surface area contributed by atoms with E-state index in [1.807, 2.05) is 6.07 Å². The highest BCUT2D eigenvalue weighted by atomic mass is 16.2. The second kappa shape index (κ2) is 5.76. The van der Waals surface area contributed by atoms with Gasteiger partial charge in [0.1, 0.15) is 12.3 Å². The van der Waals surface area contributed by atoms with Crippen LogP contribution in [0.25, 0.3) is 0 Å². The summed E-state index contributed by atoms with van der Waals surface area (Å²) in [5.74, 6) is 3.87. The van der Waals surface area contributed by atoms with Crippen molar-refractivity contribution in [3.8, 4) is 17.9 Å². The Morgan fingerprint density at radius 1 is 1.77 bits per heavy atom. The highest BCUT2D eigenvalue weighted by molar-refractivity contribution is 6.08. The highest BCUT2D eigenvalue weighted by Gasteiger charge is 2.06. The summed E-state index contributed by atoms with van der Waals surface area (Å²) in [4.78, 5) is 3.56. The van der Waals surface area contributed by atoms with E-state index in [2.05, 4.69) is 16.8 Å². The van der Waals surface area contributed by atoms with Crippen LogP contribution in [0.2, 0.25) is 0 Å². The van der Waals surface area contributed by atoms with Crippen molar-refractivity contribution in [3.05, 3.63) is 0 Å². The van der Waals surface area contributed by atoms with Crippen LogP contribution in [0.3, 0.4) is 0 Å². The van der Waals surface area contributed by atoms with Crippen LogP contribution in [-0.4, -0.2) is 23.4 Å². The Labute approximate surface area is 76.4 Å². The summed E-state index contributed by atoms with van der Waals surface area (Å²) in [6.45, 7) is 1.28. The van der Waals surface area contributed by atoms with Crippen molar-refractivity contribution in [2.75, 3.05) is 6.61 Å². The number of rotatable bonds is 1. The zero-order chi connectivity index (χ0) is 10.3. The summed E-state index contributed by atoms with van der Waals surface area (Å²) in [5.41, 5.74) is 5.21. The van der Waals surface area contributed by atoms with Gasteiger partial charge in [-0.05, 0) is 12.8 Å². The zero-order valence-corrected chi connectivity index (χ0v) is 7.20. The molecule has 0 aliphatic rings. The van der Waals surface area contributed by atoms with Gasteiger partial charge in [0.15, 0.2) is 0 Å². The maximum atomic E-state index is 8.55. The van der Waals surface area contributed by atoms with Crippen molar-refractivity contribution in [1.29, 1.82) is 10.7 Å². The summed E-state index contributed by atoms with van der Waals surface area (Å²) in [6, 6.07) is 1.91. The second-order valence-corrected chi connectivity index (χ2v) is 2.19. The van der Waals surface area contributed by atoms with Gasteiger partial charge in [-0.25, -0.2) is 4.99 Å². The molecule has 5 heteroatoms. The molecule has 0 spiro atoms. The Morgan fingerprint density at radius 2 is 2.38 bits per heavy atom. The summed E-state index contributed by atoms with van der Waals surface area (Å²) in [6.07, 6.45) is 0. The lowest BCUT2D eigenvalue weighted by Gasteiger charge is -1.98. The Balaban J connectivity index is 4.78. The monoisotopic (exact) mass is 178 g/mol. The maximum absolute atomic E-state index is 8.55. The lowest BCUT2D eigenvalue weighted by molar-refractivity contribution is 0.350. The van der Waals surface area contributed by atoms with Gasteiger partial charge in [-0.3, -0.25) is 5.41 Å². The van der Waals surface area contributed by atoms with E-state index in [9.17, 15) is 0 Å². The number of aliphatic hydroxyl groups is 1. The normalized spacial score (nSPS) is 12.2. The van der Waals surface area contributed by atoms with E-state index in [4.69, 9.17) is 21.5 Å². The van der Waals surface area contributed by atoms with E-state index < -0.39 is 11.9 Å². The number of guanidine groups is 1. The van der Waals surface area contributed by atoms with Crippen LogP contribution in [0.1, 0.15) is 6.92 Å². The predicted molar refractivity (Wildman–Crippen MR) is 49.0 cm³/mol. The molecule has 5 nitrogen and oxygen atoms in total. The van der Waals surface area contributed by atoms with Crippen LogP contribution in [0.15, 0.2) is 4.99 Å². The van der Waals surface area contributed by atoms with Gasteiger partial charge < -0.3 is 10.8 Å². The molecule has 68 valence electrons. The lowest BCUT2D eigenvalue weighted by atomic mass is 10.1. The predicted octanol–water partition coefficient (Wildman–Crippen LogP) is -0.524. The fourth-order valence-corrected chi connectivity index (χ4v) is 0.554. The third-order valence-electron chi connectivity index (χ3n) is 1.14. The van der Waals surface area contributed by atoms with Crippen molar-refractivity contribution in [3.63, 3.8) is 0 Å². The first-order chi connectivity index (χ1) is 6.11. The van der Waals surface area contributed by atoms with Crippen molar-refractivity contribution in [2.24, 2.45) is 16.6 Å². The number of hydrogen-bond donors (Lipinski definition) is 3. The molecular formula is C8H10N4O. The van der Waals surface area contributed by atoms with Crippen LogP contribution >= 0.6 is 0 Å². The van der Waals surface area contributed by atoms with Crippen molar-refractivity contribution < 1.29 is 5.11 Å². The second-order valence-electron chi connectivity index (χ2n) is 2.19. The van der Waals surface area contributed by atoms with Gasteiger partial charge in [0, 0.05) is 0 Å². The molecule has 1 atom stereocenters. The van der Waals surface area contributed by atoms with Crippen molar-refractivity contribution in [2.45, 2.75) is 6.92 Å². The molecule has 13 heavy (non-hydrogen) atoms. The maximum Gasteiger partial charge on any atom is 0.213 e. The van der Waals surface area contributed by atoms with E-state index in [1.165, 1.54) is 0 Å². The van der Waals surface area contributed by atoms with E-state index in [1.54, 1.807) is 6.92 Å². The average Bonchev–Trinajstić information content (AvgIpc) is 2.10. The molecule has 0 amide bonds. The summed E-state index contributed by atoms with van der Waals surface area (Å²) in [5, 5.41) is 23.8. The Hall–Kier alpha value is -1.85. The Morgan fingerprint density at radius 3 is 2.77 bits per heavy atom. The fourth-order valence-electron chi connectivity index (χ4n) is 0.554. The first-order valence-corrected chi connectivity index (χ1v) is 3.53. The molecule has 0 fully saturated rings. The molecule has 0 saturated heterocycles. The van der Waals surface area contributed by atoms with Gasteiger partial charge in [-0.1, -0.05) is 5.92 Å². The third-order valence-corrected chi connectivity index (χ3v) is 1.14. The molecule has 0 rings (SSSR count). The highest BCUT2D eigenvalue weighted by Crippen LogP contribution is 1.95. The van der Waals surface area contributed by atoms with E-state index in [0.717, 1.165) is 0 Å². The topological polar surface area (TPSA) is 106 Å². The minimum atomic E-state index is -0.525. The average molecular weight is 178 g/mol. The molecule has 0 aromatic rings. The lowest BCUT2D eigenvalue weighted by Crippen LogP contribution is -2.14. The quantitative estimate of drug-likeness (QED) is 0.285. The number of nitriles is 1. The molecule has 0 aliphatic heterocycles. The van der Waals surface area contributed by atoms with E-state index in [0.29, 0.717) is 0 Å². The number of nitrogens with zero attached hydrogens (tertiary/aromatic N) is 2. The minimum Gasteiger partial charge on any atom is -0.384 e. The summed E-state index contributed by atoms with van der Waals surface area (Å²) >= 11 is 0. The van der Waals surface area contributed by atoms with Gasteiger partial charge in [0.25, 0.3) is 0 Å². The first kappa shape index (κ1) is 11.2. The van der Waals surface area contributed by atoms with E-state index >= 15 is 0 Å². The molecular weight excluding hydrogens is 168 g/mol. The fraction of sp³-hybridized carbons (Fsp3) is 0.375. The molecule has 0 radical (unpaired) electrons. The largest absolute Gasteiger partial charge is 0.384 e. The van der Waals surface area contributed by atoms with Crippen LogP contribution in [0, 0.1) is 34.5 Å². The Bertz CT molecular complexity index is 315. The molecule has 0 aromatic carbocycles. The zero-order valence-electron chi connectivity index (χ0n) is 7.20. The molecule has 1 unspecified atom stereocenters. The van der Waals surface area contributed by atoms with Crippen LogP contribution < -0.4 is 5.73 Å². The van der Waals surface area contributed by atoms with Gasteiger partial charge in [-0.15, -0.1) is 0 Å². The molecule has 4 N–H and O–H groups in total. The number of aliphatic hydroxyl groups excluding tert-OH is 1. The van der Waals surface area contributed by atoms with Crippen LogP contribution in [0.5, 0.6) is 0 Å². The van der Waals surface area contributed by atoms with E-state index in [-0.39, 0.29) is 12.3 Å². The SMILES string of the molecule is CC(C#N)C(C#CCO)=NC(=N)N. The Kier molecular flexibility index (Phi) is 4.94. The number of nitrogens with two attached hydrogens (primary N) is 1. The standard InChI is InChI=1S/C8H10N4O/c1-6(5-9)7(3-2-4-13)12-8(10)11/h6,13H,4H2,1H3,(H3,10,11). The minimum absolute atomic E-state index is 0.198. The summed E-state index contributed by atoms with van der Waals surface area (Å²) < 4.78 is 0. The van der Waals surface area contributed by atoms with Crippen molar-refractivity contribution >= 4 is 11.7 Å².